The first-order chi connectivity index (χ1) is 21.9. The van der Waals surface area contributed by atoms with Crippen molar-refractivity contribution in [2.24, 2.45) is 5.92 Å². The Kier molecular flexibility index (Phi) is 14.5. The molecule has 1 unspecified atom stereocenters. The van der Waals surface area contributed by atoms with Crippen molar-refractivity contribution in [1.82, 2.24) is 10.6 Å². The Hall–Kier alpha value is -3.51. The van der Waals surface area contributed by atoms with Crippen molar-refractivity contribution in [3.05, 3.63) is 71.8 Å². The second-order valence-electron chi connectivity index (χ2n) is 12.9. The van der Waals surface area contributed by atoms with Crippen molar-refractivity contribution in [3.8, 4) is 0 Å². The van der Waals surface area contributed by atoms with Crippen LogP contribution in [0.3, 0.4) is 0 Å². The van der Waals surface area contributed by atoms with Crippen LogP contribution >= 0.6 is 0 Å². The van der Waals surface area contributed by atoms with Gasteiger partial charge in [-0.25, -0.2) is 9.59 Å². The van der Waals surface area contributed by atoms with Crippen molar-refractivity contribution >= 4 is 18.0 Å². The highest BCUT2D eigenvalue weighted by atomic mass is 16.7. The zero-order valence-electron chi connectivity index (χ0n) is 27.8. The molecule has 46 heavy (non-hydrogen) atoms. The minimum atomic E-state index is -1.30. The normalized spacial score (nSPS) is 22.1. The monoisotopic (exact) mass is 642 g/mol. The summed E-state index contributed by atoms with van der Waals surface area (Å²) in [6, 6.07) is 17.1. The number of ether oxygens (including phenoxy) is 5. The Morgan fingerprint density at radius 2 is 1.52 bits per heavy atom. The third-order valence-electron chi connectivity index (χ3n) is 7.09. The highest BCUT2D eigenvalue weighted by Crippen LogP contribution is 2.27. The van der Waals surface area contributed by atoms with Gasteiger partial charge in [-0.15, -0.1) is 0 Å². The predicted octanol–water partition coefficient (Wildman–Crippen LogP) is 4.64. The molecule has 11 heteroatoms. The van der Waals surface area contributed by atoms with Crippen LogP contribution < -0.4 is 10.6 Å². The number of carbonyl (C=O) groups excluding carboxylic acids is 3. The summed E-state index contributed by atoms with van der Waals surface area (Å²) >= 11 is 0. The second-order valence-corrected chi connectivity index (χ2v) is 12.9. The fourth-order valence-electron chi connectivity index (χ4n) is 4.95. The first kappa shape index (κ1) is 37.0. The van der Waals surface area contributed by atoms with Crippen LogP contribution in [0.2, 0.25) is 0 Å². The van der Waals surface area contributed by atoms with E-state index in [1.165, 1.54) is 0 Å². The summed E-state index contributed by atoms with van der Waals surface area (Å²) in [5.41, 5.74) is 1.00. The molecular formula is C35H50N2O9. The van der Waals surface area contributed by atoms with Crippen LogP contribution in [0.1, 0.15) is 71.9 Å². The quantitative estimate of drug-likeness (QED) is 0.237. The molecular weight excluding hydrogens is 592 g/mol. The van der Waals surface area contributed by atoms with E-state index in [4.69, 9.17) is 23.7 Å². The second kappa shape index (κ2) is 18.0. The molecule has 0 saturated carbocycles. The zero-order chi connectivity index (χ0) is 33.7. The van der Waals surface area contributed by atoms with Gasteiger partial charge in [0.15, 0.2) is 6.29 Å². The molecule has 0 aromatic heterocycles. The minimum Gasteiger partial charge on any atom is -0.461 e. The number of amides is 2. The number of carbonyl (C=O) groups is 3. The topological polar surface area (TPSA) is 142 Å². The van der Waals surface area contributed by atoms with Gasteiger partial charge in [-0.2, -0.15) is 0 Å². The van der Waals surface area contributed by atoms with E-state index in [9.17, 15) is 19.5 Å². The number of hydrogen-bond donors (Lipinski definition) is 3. The summed E-state index contributed by atoms with van der Waals surface area (Å²) in [6.45, 7) is 10.9. The van der Waals surface area contributed by atoms with Crippen molar-refractivity contribution < 1.29 is 43.2 Å². The van der Waals surface area contributed by atoms with Gasteiger partial charge in [0.25, 0.3) is 0 Å². The minimum absolute atomic E-state index is 0.0584. The lowest BCUT2D eigenvalue weighted by Crippen LogP contribution is -2.65. The van der Waals surface area contributed by atoms with Crippen LogP contribution in [0.15, 0.2) is 60.7 Å². The summed E-state index contributed by atoms with van der Waals surface area (Å²) in [7, 11) is 0. The molecule has 2 amide bonds. The van der Waals surface area contributed by atoms with Crippen molar-refractivity contribution in [3.63, 3.8) is 0 Å². The Balaban J connectivity index is 1.82. The molecule has 2 aromatic carbocycles. The molecule has 0 radical (unpaired) electrons. The third-order valence-corrected chi connectivity index (χ3v) is 7.09. The van der Waals surface area contributed by atoms with Crippen molar-refractivity contribution in [2.45, 2.75) is 116 Å². The van der Waals surface area contributed by atoms with Gasteiger partial charge in [0, 0.05) is 6.42 Å². The van der Waals surface area contributed by atoms with E-state index in [1.807, 2.05) is 81.4 Å². The molecule has 0 aliphatic carbocycles. The van der Waals surface area contributed by atoms with Crippen LogP contribution in [0.25, 0.3) is 0 Å². The number of alkyl carbamates (subject to hydrolysis) is 1. The van der Waals surface area contributed by atoms with Gasteiger partial charge in [0.2, 0.25) is 5.91 Å². The van der Waals surface area contributed by atoms with Crippen LogP contribution in [-0.4, -0.2) is 72.0 Å². The number of rotatable bonds is 15. The van der Waals surface area contributed by atoms with E-state index in [-0.39, 0.29) is 38.1 Å². The van der Waals surface area contributed by atoms with E-state index in [0.717, 1.165) is 11.1 Å². The van der Waals surface area contributed by atoms with Crippen LogP contribution in [0.5, 0.6) is 0 Å². The van der Waals surface area contributed by atoms with E-state index >= 15 is 0 Å². The largest absolute Gasteiger partial charge is 0.461 e. The standard InChI is InChI=1S/C35H50N2O9/c1-7-14-28(38)37-29-31(42-20-24-15-10-8-11-16-24)30(39)27(45-33(29)44-21-25-17-12-9-13-18-25)22-43-32(40)26(19-23(2)3)36-34(41)46-35(4,5)6/h8-13,15-18,23,26-27,29-31,33,39H,7,14,19-22H2,1-6H3,(H,36,41)(H,37,38)/t26-,27+,29+,30+,31+,33?/m0/s1. The SMILES string of the molecule is CCCC(=O)N[C@H]1C(OCc2ccccc2)O[C@H](COC(=O)[C@H](CC(C)C)NC(=O)OC(C)(C)C)[C@@H](O)[C@@H]1OCc1ccccc1. The van der Waals surface area contributed by atoms with Gasteiger partial charge in [0.1, 0.15) is 42.6 Å². The Labute approximate surface area is 272 Å². The van der Waals surface area contributed by atoms with Crippen molar-refractivity contribution in [2.75, 3.05) is 6.61 Å². The molecule has 1 saturated heterocycles. The molecule has 3 rings (SSSR count). The summed E-state index contributed by atoms with van der Waals surface area (Å²) < 4.78 is 29.6. The molecule has 6 atom stereocenters. The number of benzene rings is 2. The first-order valence-corrected chi connectivity index (χ1v) is 16.0. The van der Waals surface area contributed by atoms with Gasteiger partial charge in [-0.05, 0) is 50.7 Å². The number of aliphatic hydroxyl groups is 1. The lowest BCUT2D eigenvalue weighted by Gasteiger charge is -2.44. The Bertz CT molecular complexity index is 1220. The number of hydrogen-bond acceptors (Lipinski definition) is 9. The molecule has 1 aliphatic rings. The lowest BCUT2D eigenvalue weighted by molar-refractivity contribution is -0.282. The molecule has 3 N–H and O–H groups in total. The molecule has 11 nitrogen and oxygen atoms in total. The molecule has 2 aromatic rings. The fourth-order valence-corrected chi connectivity index (χ4v) is 4.95. The van der Waals surface area contributed by atoms with E-state index in [0.29, 0.717) is 12.8 Å². The maximum atomic E-state index is 13.2. The average molecular weight is 643 g/mol. The van der Waals surface area contributed by atoms with Gasteiger partial charge in [-0.3, -0.25) is 4.79 Å². The summed E-state index contributed by atoms with van der Waals surface area (Å²) in [6.07, 6.45) is -3.91. The van der Waals surface area contributed by atoms with Gasteiger partial charge in [0.05, 0.1) is 13.2 Å². The summed E-state index contributed by atoms with van der Waals surface area (Å²) in [4.78, 5) is 38.5. The fraction of sp³-hybridized carbons (Fsp3) is 0.571. The van der Waals surface area contributed by atoms with Crippen LogP contribution in [0, 0.1) is 5.92 Å². The molecule has 1 aliphatic heterocycles. The number of nitrogens with one attached hydrogen (secondary N) is 2. The Morgan fingerprint density at radius 3 is 2.07 bits per heavy atom. The highest BCUT2D eigenvalue weighted by molar-refractivity contribution is 5.81. The third kappa shape index (κ3) is 12.4. The van der Waals surface area contributed by atoms with Crippen LogP contribution in [0.4, 0.5) is 4.79 Å². The zero-order valence-corrected chi connectivity index (χ0v) is 27.8. The van der Waals surface area contributed by atoms with E-state index in [2.05, 4.69) is 10.6 Å². The number of esters is 1. The lowest BCUT2D eigenvalue weighted by atomic mass is 9.96. The van der Waals surface area contributed by atoms with Crippen molar-refractivity contribution in [1.29, 1.82) is 0 Å². The molecule has 254 valence electrons. The van der Waals surface area contributed by atoms with Crippen LogP contribution in [-0.2, 0) is 46.5 Å². The summed E-state index contributed by atoms with van der Waals surface area (Å²) in [5.74, 6) is -0.875. The molecule has 0 spiro atoms. The maximum Gasteiger partial charge on any atom is 0.408 e. The average Bonchev–Trinajstić information content (AvgIpc) is 2.99. The summed E-state index contributed by atoms with van der Waals surface area (Å²) in [5, 5.41) is 17.1. The molecule has 1 fully saturated rings. The van der Waals surface area contributed by atoms with E-state index < -0.39 is 54.3 Å². The molecule has 0 bridgehead atoms. The highest BCUT2D eigenvalue weighted by Gasteiger charge is 2.48. The van der Waals surface area contributed by atoms with Gasteiger partial charge < -0.3 is 39.4 Å². The Morgan fingerprint density at radius 1 is 0.935 bits per heavy atom. The van der Waals surface area contributed by atoms with E-state index in [1.54, 1.807) is 20.8 Å². The number of aliphatic hydroxyl groups excluding tert-OH is 1. The predicted molar refractivity (Wildman–Crippen MR) is 171 cm³/mol. The van der Waals surface area contributed by atoms with Gasteiger partial charge in [-0.1, -0.05) is 81.4 Å². The first-order valence-electron chi connectivity index (χ1n) is 16.0. The van der Waals surface area contributed by atoms with Gasteiger partial charge >= 0.3 is 12.1 Å². The maximum absolute atomic E-state index is 13.2. The molecule has 1 heterocycles. The smallest absolute Gasteiger partial charge is 0.408 e.